The molecule has 7 nitrogen and oxygen atoms in total. The number of aliphatic hydroxyl groups excluding tert-OH is 1. The molecule has 0 aliphatic carbocycles. The summed E-state index contributed by atoms with van der Waals surface area (Å²) in [6.45, 7) is 1.91. The van der Waals surface area contributed by atoms with Crippen molar-refractivity contribution >= 4 is 23.4 Å². The molecular weight excluding hydrogens is 434 g/mol. The molecule has 3 aromatic rings. The van der Waals surface area contributed by atoms with Crippen LogP contribution in [0.25, 0.3) is 5.76 Å². The maximum Gasteiger partial charge on any atom is 0.335 e. The number of benzene rings is 3. The lowest BCUT2D eigenvalue weighted by Gasteiger charge is -2.25. The summed E-state index contributed by atoms with van der Waals surface area (Å²) in [7, 11) is 1.47. The highest BCUT2D eigenvalue weighted by molar-refractivity contribution is 6.46. The van der Waals surface area contributed by atoms with E-state index in [9.17, 15) is 19.5 Å². The van der Waals surface area contributed by atoms with Crippen LogP contribution in [0.1, 0.15) is 38.7 Å². The number of carboxylic acids is 1. The zero-order chi connectivity index (χ0) is 24.4. The molecule has 1 atom stereocenters. The molecule has 1 aliphatic rings. The predicted octanol–water partition coefficient (Wildman–Crippen LogP) is 4.32. The van der Waals surface area contributed by atoms with E-state index in [0.29, 0.717) is 22.4 Å². The molecule has 3 aromatic carbocycles. The Morgan fingerprint density at radius 2 is 1.65 bits per heavy atom. The Morgan fingerprint density at radius 1 is 0.971 bits per heavy atom. The van der Waals surface area contributed by atoms with Crippen LogP contribution in [0.2, 0.25) is 0 Å². The van der Waals surface area contributed by atoms with Crippen molar-refractivity contribution < 1.29 is 29.3 Å². The van der Waals surface area contributed by atoms with Gasteiger partial charge in [-0.2, -0.15) is 0 Å². The number of Topliss-reactive ketones (excluding diaryl/α,β-unsaturated/α-hetero) is 1. The van der Waals surface area contributed by atoms with E-state index in [-0.39, 0.29) is 23.4 Å². The van der Waals surface area contributed by atoms with Crippen molar-refractivity contribution in [1.82, 2.24) is 4.90 Å². The van der Waals surface area contributed by atoms with Gasteiger partial charge in [-0.1, -0.05) is 54.1 Å². The second kappa shape index (κ2) is 9.23. The van der Waals surface area contributed by atoms with Gasteiger partial charge in [-0.05, 0) is 42.3 Å². The normalized spacial score (nSPS) is 17.1. The molecule has 2 N–H and O–H groups in total. The van der Waals surface area contributed by atoms with Crippen molar-refractivity contribution in [3.63, 3.8) is 0 Å². The Kier molecular flexibility index (Phi) is 6.19. The lowest BCUT2D eigenvalue weighted by Crippen LogP contribution is -2.29. The summed E-state index contributed by atoms with van der Waals surface area (Å²) in [6, 6.07) is 19.5. The molecule has 1 amide bonds. The van der Waals surface area contributed by atoms with Crippen molar-refractivity contribution in [3.8, 4) is 5.75 Å². The lowest BCUT2D eigenvalue weighted by molar-refractivity contribution is -0.140. The van der Waals surface area contributed by atoms with Gasteiger partial charge in [0.05, 0.1) is 29.9 Å². The van der Waals surface area contributed by atoms with Gasteiger partial charge < -0.3 is 19.8 Å². The number of ketones is 1. The van der Waals surface area contributed by atoms with Crippen LogP contribution in [0.3, 0.4) is 0 Å². The number of nitrogens with zero attached hydrogens (tertiary/aromatic N) is 1. The smallest absolute Gasteiger partial charge is 0.335 e. The number of hydrogen-bond donors (Lipinski definition) is 2. The Balaban J connectivity index is 1.85. The monoisotopic (exact) mass is 457 g/mol. The summed E-state index contributed by atoms with van der Waals surface area (Å²) < 4.78 is 5.39. The lowest BCUT2D eigenvalue weighted by atomic mass is 9.94. The number of methoxy groups -OCH3 is 1. The second-order valence-electron chi connectivity index (χ2n) is 8.04. The first-order chi connectivity index (χ1) is 16.3. The Labute approximate surface area is 196 Å². The van der Waals surface area contributed by atoms with Crippen LogP contribution in [0.15, 0.2) is 78.4 Å². The van der Waals surface area contributed by atoms with Crippen LogP contribution in [0, 0.1) is 6.92 Å². The van der Waals surface area contributed by atoms with E-state index in [1.165, 1.54) is 24.1 Å². The Morgan fingerprint density at radius 3 is 2.26 bits per heavy atom. The number of likely N-dealkylation sites (tertiary alicyclic amines) is 1. The van der Waals surface area contributed by atoms with Gasteiger partial charge >= 0.3 is 5.97 Å². The molecule has 1 saturated heterocycles. The van der Waals surface area contributed by atoms with Crippen LogP contribution in [0.5, 0.6) is 5.75 Å². The van der Waals surface area contributed by atoms with Gasteiger partial charge in [0.1, 0.15) is 11.5 Å². The van der Waals surface area contributed by atoms with E-state index < -0.39 is 23.7 Å². The summed E-state index contributed by atoms with van der Waals surface area (Å²) in [5.41, 5.74) is 2.59. The molecule has 172 valence electrons. The number of aromatic carboxylic acids is 1. The van der Waals surface area contributed by atoms with Crippen LogP contribution in [-0.4, -0.2) is 39.9 Å². The number of carbonyl (C=O) groups excluding carboxylic acids is 2. The van der Waals surface area contributed by atoms with E-state index in [4.69, 9.17) is 9.84 Å². The first-order valence-electron chi connectivity index (χ1n) is 10.6. The van der Waals surface area contributed by atoms with Gasteiger partial charge in [-0.3, -0.25) is 9.59 Å². The standard InChI is InChI=1S/C27H23NO6/c1-16-8-13-21(34-2)20(14-16)24(29)22-23(18-6-4-3-5-7-18)28(26(31)25(22)30)15-17-9-11-19(12-10-17)27(32)33/h3-14,23,29H,15H2,1-2H3,(H,32,33)/b24-22+. The summed E-state index contributed by atoms with van der Waals surface area (Å²) in [4.78, 5) is 38.9. The first kappa shape index (κ1) is 22.8. The van der Waals surface area contributed by atoms with Gasteiger partial charge in [0.25, 0.3) is 11.7 Å². The molecule has 1 fully saturated rings. The molecule has 4 rings (SSSR count). The van der Waals surface area contributed by atoms with E-state index >= 15 is 0 Å². The van der Waals surface area contributed by atoms with E-state index in [2.05, 4.69) is 0 Å². The third-order valence-corrected chi connectivity index (χ3v) is 5.82. The minimum Gasteiger partial charge on any atom is -0.507 e. The van der Waals surface area contributed by atoms with Gasteiger partial charge in [-0.15, -0.1) is 0 Å². The second-order valence-corrected chi connectivity index (χ2v) is 8.04. The van der Waals surface area contributed by atoms with E-state index in [0.717, 1.165) is 5.56 Å². The fraction of sp³-hybridized carbons (Fsp3) is 0.148. The number of carboxylic acid groups (broad SMARTS) is 1. The van der Waals surface area contributed by atoms with Gasteiger partial charge in [0, 0.05) is 6.54 Å². The van der Waals surface area contributed by atoms with Gasteiger partial charge in [0.2, 0.25) is 0 Å². The SMILES string of the molecule is COc1ccc(C)cc1/C(O)=C1\C(=O)C(=O)N(Cc2ccc(C(=O)O)cc2)C1c1ccccc1. The van der Waals surface area contributed by atoms with Crippen molar-refractivity contribution in [3.05, 3.63) is 106 Å². The molecule has 7 heteroatoms. The average Bonchev–Trinajstić information content (AvgIpc) is 3.09. The number of ether oxygens (including phenoxy) is 1. The minimum atomic E-state index is -1.05. The highest BCUT2D eigenvalue weighted by Gasteiger charge is 2.46. The molecule has 0 bridgehead atoms. The highest BCUT2D eigenvalue weighted by atomic mass is 16.5. The van der Waals surface area contributed by atoms with Crippen molar-refractivity contribution in [1.29, 1.82) is 0 Å². The third-order valence-electron chi connectivity index (χ3n) is 5.82. The zero-order valence-corrected chi connectivity index (χ0v) is 18.7. The molecule has 0 spiro atoms. The zero-order valence-electron chi connectivity index (χ0n) is 18.7. The van der Waals surface area contributed by atoms with Crippen LogP contribution < -0.4 is 4.74 Å². The summed E-state index contributed by atoms with van der Waals surface area (Å²) >= 11 is 0. The van der Waals surface area contributed by atoms with Crippen LogP contribution >= 0.6 is 0 Å². The third kappa shape index (κ3) is 4.15. The molecule has 1 aliphatic heterocycles. The molecule has 1 heterocycles. The minimum absolute atomic E-state index is 0.0257. The fourth-order valence-corrected chi connectivity index (χ4v) is 4.13. The first-order valence-corrected chi connectivity index (χ1v) is 10.6. The average molecular weight is 457 g/mol. The molecule has 0 saturated carbocycles. The van der Waals surface area contributed by atoms with E-state index in [1.54, 1.807) is 48.5 Å². The molecule has 1 unspecified atom stereocenters. The number of carbonyl (C=O) groups is 3. The number of hydrogen-bond acceptors (Lipinski definition) is 5. The van der Waals surface area contributed by atoms with Crippen molar-refractivity contribution in [2.75, 3.05) is 7.11 Å². The number of aliphatic hydroxyl groups is 1. The van der Waals surface area contributed by atoms with Crippen molar-refractivity contribution in [2.24, 2.45) is 0 Å². The van der Waals surface area contributed by atoms with Gasteiger partial charge in [-0.25, -0.2) is 4.79 Å². The molecular formula is C27H23NO6. The number of amides is 1. The Hall–Kier alpha value is -4.39. The molecule has 0 radical (unpaired) electrons. The number of aryl methyl sites for hydroxylation is 1. The maximum atomic E-state index is 13.2. The summed E-state index contributed by atoms with van der Waals surface area (Å²) in [6.07, 6.45) is 0. The van der Waals surface area contributed by atoms with Crippen molar-refractivity contribution in [2.45, 2.75) is 19.5 Å². The van der Waals surface area contributed by atoms with E-state index in [1.807, 2.05) is 19.1 Å². The summed E-state index contributed by atoms with van der Waals surface area (Å²) in [5.74, 6) is -2.52. The maximum absolute atomic E-state index is 13.2. The number of rotatable bonds is 6. The largest absolute Gasteiger partial charge is 0.507 e. The quantitative estimate of drug-likeness (QED) is 0.325. The topological polar surface area (TPSA) is 104 Å². The molecule has 0 aromatic heterocycles. The Bertz CT molecular complexity index is 1290. The highest BCUT2D eigenvalue weighted by Crippen LogP contribution is 2.41. The van der Waals surface area contributed by atoms with Crippen LogP contribution in [0.4, 0.5) is 0 Å². The summed E-state index contributed by atoms with van der Waals surface area (Å²) in [5, 5.41) is 20.4. The van der Waals surface area contributed by atoms with Crippen LogP contribution in [-0.2, 0) is 16.1 Å². The fourth-order valence-electron chi connectivity index (χ4n) is 4.13. The van der Waals surface area contributed by atoms with Gasteiger partial charge in [0.15, 0.2) is 0 Å². The predicted molar refractivity (Wildman–Crippen MR) is 125 cm³/mol. The molecule has 34 heavy (non-hydrogen) atoms.